The van der Waals surface area contributed by atoms with E-state index < -0.39 is 5.82 Å². The number of aromatic nitrogens is 4. The zero-order valence-electron chi connectivity index (χ0n) is 11.1. The zero-order valence-corrected chi connectivity index (χ0v) is 11.8. The van der Waals surface area contributed by atoms with Crippen LogP contribution in [0.2, 0.25) is 5.02 Å². The maximum absolute atomic E-state index is 14.1. The molecule has 0 aliphatic heterocycles. The van der Waals surface area contributed by atoms with Crippen LogP contribution in [0.15, 0.2) is 36.4 Å². The summed E-state index contributed by atoms with van der Waals surface area (Å²) < 4.78 is 15.4. The molecule has 21 heavy (non-hydrogen) atoms. The summed E-state index contributed by atoms with van der Waals surface area (Å²) in [5, 5.41) is 11.9. The molecule has 2 N–H and O–H groups in total. The molecule has 0 bridgehead atoms. The molecule has 1 aromatic heterocycles. The molecule has 2 aromatic carbocycles. The molecule has 3 rings (SSSR count). The van der Waals surface area contributed by atoms with Crippen molar-refractivity contribution in [2.45, 2.75) is 6.92 Å². The number of benzene rings is 2. The molecule has 0 fully saturated rings. The van der Waals surface area contributed by atoms with E-state index in [1.54, 1.807) is 30.3 Å². The number of hydrogen-bond acceptors (Lipinski definition) is 4. The van der Waals surface area contributed by atoms with Crippen molar-refractivity contribution in [2.75, 3.05) is 5.73 Å². The second-order valence-corrected chi connectivity index (χ2v) is 5.04. The van der Waals surface area contributed by atoms with Gasteiger partial charge in [-0.2, -0.15) is 4.68 Å². The van der Waals surface area contributed by atoms with Gasteiger partial charge in [-0.3, -0.25) is 0 Å². The van der Waals surface area contributed by atoms with E-state index in [-0.39, 0.29) is 5.69 Å². The van der Waals surface area contributed by atoms with Crippen LogP contribution in [0.5, 0.6) is 0 Å². The molecule has 0 saturated carbocycles. The Hall–Kier alpha value is -2.47. The second-order valence-electron chi connectivity index (χ2n) is 4.60. The average molecular weight is 304 g/mol. The first kappa shape index (κ1) is 13.5. The molecule has 0 unspecified atom stereocenters. The molecule has 0 aliphatic carbocycles. The van der Waals surface area contributed by atoms with E-state index in [1.165, 1.54) is 10.7 Å². The first-order valence-corrected chi connectivity index (χ1v) is 6.54. The van der Waals surface area contributed by atoms with Gasteiger partial charge in [0.25, 0.3) is 0 Å². The molecular weight excluding hydrogens is 293 g/mol. The molecule has 0 atom stereocenters. The molecule has 0 aliphatic rings. The summed E-state index contributed by atoms with van der Waals surface area (Å²) in [5.74, 6) is -0.0816. The Morgan fingerprint density at radius 3 is 2.76 bits per heavy atom. The lowest BCUT2D eigenvalue weighted by Crippen LogP contribution is -2.04. The Balaban J connectivity index is 2.19. The maximum atomic E-state index is 14.1. The van der Waals surface area contributed by atoms with Gasteiger partial charge in [-0.1, -0.05) is 17.7 Å². The van der Waals surface area contributed by atoms with Gasteiger partial charge in [-0.05, 0) is 53.2 Å². The third kappa shape index (κ3) is 2.45. The van der Waals surface area contributed by atoms with Crippen molar-refractivity contribution in [1.82, 2.24) is 20.2 Å². The monoisotopic (exact) mass is 303 g/mol. The lowest BCUT2D eigenvalue weighted by molar-refractivity contribution is 0.606. The number of aryl methyl sites for hydroxylation is 1. The van der Waals surface area contributed by atoms with Gasteiger partial charge in [-0.25, -0.2) is 4.39 Å². The van der Waals surface area contributed by atoms with Crippen molar-refractivity contribution in [1.29, 1.82) is 0 Å². The van der Waals surface area contributed by atoms with Gasteiger partial charge in [-0.15, -0.1) is 5.10 Å². The molecule has 1 heterocycles. The zero-order chi connectivity index (χ0) is 15.0. The minimum Gasteiger partial charge on any atom is -0.398 e. The van der Waals surface area contributed by atoms with Crippen LogP contribution in [0.1, 0.15) is 5.56 Å². The number of nitrogens with two attached hydrogens (primary N) is 1. The lowest BCUT2D eigenvalue weighted by atomic mass is 10.1. The van der Waals surface area contributed by atoms with E-state index in [1.807, 2.05) is 6.92 Å². The van der Waals surface area contributed by atoms with Crippen molar-refractivity contribution in [3.05, 3.63) is 52.8 Å². The number of hydrogen-bond donors (Lipinski definition) is 1. The summed E-state index contributed by atoms with van der Waals surface area (Å²) in [5.41, 5.74) is 8.00. The SMILES string of the molecule is Cc1ccc(-n2nnnc2-c2cc(Cl)ccc2N)c(F)c1. The van der Waals surface area contributed by atoms with Gasteiger partial charge in [0.05, 0.1) is 0 Å². The van der Waals surface area contributed by atoms with Gasteiger partial charge < -0.3 is 5.73 Å². The molecule has 0 radical (unpaired) electrons. The van der Waals surface area contributed by atoms with E-state index in [2.05, 4.69) is 15.5 Å². The molecule has 7 heteroatoms. The van der Waals surface area contributed by atoms with E-state index in [0.717, 1.165) is 5.56 Å². The van der Waals surface area contributed by atoms with Crippen LogP contribution in [0.3, 0.4) is 0 Å². The van der Waals surface area contributed by atoms with Gasteiger partial charge in [0.15, 0.2) is 5.82 Å². The molecule has 0 saturated heterocycles. The highest BCUT2D eigenvalue weighted by atomic mass is 35.5. The molecule has 106 valence electrons. The molecule has 3 aromatic rings. The number of nitrogens with zero attached hydrogens (tertiary/aromatic N) is 4. The third-order valence-electron chi connectivity index (χ3n) is 3.06. The summed E-state index contributed by atoms with van der Waals surface area (Å²) in [6, 6.07) is 9.78. The third-order valence-corrected chi connectivity index (χ3v) is 3.29. The molecule has 0 spiro atoms. The van der Waals surface area contributed by atoms with Crippen molar-refractivity contribution in [3.63, 3.8) is 0 Å². The van der Waals surface area contributed by atoms with Crippen molar-refractivity contribution >= 4 is 17.3 Å². The lowest BCUT2D eigenvalue weighted by Gasteiger charge is -2.08. The first-order valence-electron chi connectivity index (χ1n) is 6.16. The van der Waals surface area contributed by atoms with Crippen LogP contribution < -0.4 is 5.73 Å². The van der Waals surface area contributed by atoms with Gasteiger partial charge in [0, 0.05) is 16.3 Å². The van der Waals surface area contributed by atoms with Crippen molar-refractivity contribution in [2.24, 2.45) is 0 Å². The highest BCUT2D eigenvalue weighted by Gasteiger charge is 2.16. The topological polar surface area (TPSA) is 69.6 Å². The van der Waals surface area contributed by atoms with Crippen molar-refractivity contribution < 1.29 is 4.39 Å². The van der Waals surface area contributed by atoms with E-state index in [9.17, 15) is 4.39 Å². The van der Waals surface area contributed by atoms with Crippen molar-refractivity contribution in [3.8, 4) is 17.1 Å². The largest absolute Gasteiger partial charge is 0.398 e. The van der Waals surface area contributed by atoms with Crippen LogP contribution in [0.25, 0.3) is 17.1 Å². The smallest absolute Gasteiger partial charge is 0.189 e. The van der Waals surface area contributed by atoms with Crippen LogP contribution in [0.4, 0.5) is 10.1 Å². The Kier molecular flexibility index (Phi) is 3.31. The minimum absolute atomic E-state index is 0.250. The summed E-state index contributed by atoms with van der Waals surface area (Å²) in [7, 11) is 0. The van der Waals surface area contributed by atoms with Crippen LogP contribution in [0, 0.1) is 12.7 Å². The number of rotatable bonds is 2. The maximum Gasteiger partial charge on any atom is 0.189 e. The van der Waals surface area contributed by atoms with Gasteiger partial charge >= 0.3 is 0 Å². The molecule has 5 nitrogen and oxygen atoms in total. The predicted molar refractivity (Wildman–Crippen MR) is 78.7 cm³/mol. The number of nitrogen functional groups attached to an aromatic ring is 1. The Labute approximate surface area is 125 Å². The van der Waals surface area contributed by atoms with E-state index in [0.29, 0.717) is 22.1 Å². The first-order chi connectivity index (χ1) is 10.1. The van der Waals surface area contributed by atoms with Gasteiger partial charge in [0.1, 0.15) is 11.5 Å². The predicted octanol–water partition coefficient (Wildman–Crippen LogP) is 3.01. The van der Waals surface area contributed by atoms with E-state index in [4.69, 9.17) is 17.3 Å². The Bertz CT molecular complexity index is 815. The Morgan fingerprint density at radius 1 is 1.19 bits per heavy atom. The van der Waals surface area contributed by atoms with Gasteiger partial charge in [0.2, 0.25) is 0 Å². The fourth-order valence-corrected chi connectivity index (χ4v) is 2.20. The summed E-state index contributed by atoms with van der Waals surface area (Å²) in [4.78, 5) is 0. The average Bonchev–Trinajstić information content (AvgIpc) is 2.90. The second kappa shape index (κ2) is 5.14. The highest BCUT2D eigenvalue weighted by Crippen LogP contribution is 2.28. The number of tetrazole rings is 1. The summed E-state index contributed by atoms with van der Waals surface area (Å²) in [6.07, 6.45) is 0. The van der Waals surface area contributed by atoms with Crippen LogP contribution in [-0.2, 0) is 0 Å². The Morgan fingerprint density at radius 2 is 2.00 bits per heavy atom. The summed E-state index contributed by atoms with van der Waals surface area (Å²) >= 11 is 5.98. The number of halogens is 2. The number of anilines is 1. The molecule has 0 amide bonds. The molecular formula is C14H11ClFN5. The van der Waals surface area contributed by atoms with E-state index >= 15 is 0 Å². The van der Waals surface area contributed by atoms with Crippen LogP contribution >= 0.6 is 11.6 Å². The summed E-state index contributed by atoms with van der Waals surface area (Å²) in [6.45, 7) is 1.81. The standard InChI is InChI=1S/C14H11ClFN5/c1-8-2-5-13(11(16)6-8)21-14(18-19-20-21)10-7-9(15)3-4-12(10)17/h2-7H,17H2,1H3. The fourth-order valence-electron chi connectivity index (χ4n) is 2.02. The fraction of sp³-hybridized carbons (Fsp3) is 0.0714. The van der Waals surface area contributed by atoms with Crippen LogP contribution in [-0.4, -0.2) is 20.2 Å². The minimum atomic E-state index is -0.413. The quantitative estimate of drug-likeness (QED) is 0.739. The highest BCUT2D eigenvalue weighted by molar-refractivity contribution is 6.31. The normalized spacial score (nSPS) is 10.8.